The van der Waals surface area contributed by atoms with Crippen LogP contribution in [0.5, 0.6) is 0 Å². The monoisotopic (exact) mass is 250 g/mol. The first kappa shape index (κ1) is 13.5. The molecule has 0 amide bonds. The second kappa shape index (κ2) is 6.30. The van der Waals surface area contributed by atoms with Gasteiger partial charge in [0.15, 0.2) is 0 Å². The minimum atomic E-state index is -0.197. The molecule has 100 valence electrons. The van der Waals surface area contributed by atoms with Gasteiger partial charge in [0.2, 0.25) is 0 Å². The molecule has 0 unspecified atom stereocenters. The summed E-state index contributed by atoms with van der Waals surface area (Å²) in [6.07, 6.45) is 5.47. The van der Waals surface area contributed by atoms with E-state index in [0.29, 0.717) is 6.54 Å². The van der Waals surface area contributed by atoms with E-state index in [0.717, 1.165) is 30.1 Å². The fraction of sp³-hybridized carbons (Fsp3) is 0.600. The summed E-state index contributed by atoms with van der Waals surface area (Å²) in [5, 5.41) is 0. The molecule has 0 aromatic heterocycles. The molecule has 1 fully saturated rings. The number of nitrogens with two attached hydrogens (primary N) is 1. The van der Waals surface area contributed by atoms with Crippen molar-refractivity contribution in [1.29, 1.82) is 0 Å². The van der Waals surface area contributed by atoms with Crippen LogP contribution in [0.3, 0.4) is 0 Å². The summed E-state index contributed by atoms with van der Waals surface area (Å²) in [6.45, 7) is 2.41. The van der Waals surface area contributed by atoms with Gasteiger partial charge in [-0.15, -0.1) is 0 Å². The summed E-state index contributed by atoms with van der Waals surface area (Å²) in [5.41, 5.74) is 7.75. The Bertz CT molecular complexity index is 386. The van der Waals surface area contributed by atoms with Gasteiger partial charge in [-0.1, -0.05) is 18.9 Å². The van der Waals surface area contributed by atoms with Crippen molar-refractivity contribution in [3.63, 3.8) is 0 Å². The van der Waals surface area contributed by atoms with E-state index < -0.39 is 0 Å². The van der Waals surface area contributed by atoms with Crippen LogP contribution in [0.15, 0.2) is 18.2 Å². The second-order valence-corrected chi connectivity index (χ2v) is 5.46. The molecule has 0 bridgehead atoms. The number of hydrogen-bond acceptors (Lipinski definition) is 2. The third-order valence-corrected chi connectivity index (χ3v) is 3.87. The predicted octanol–water partition coefficient (Wildman–Crippen LogP) is 2.91. The molecule has 1 saturated carbocycles. The molecule has 2 nitrogen and oxygen atoms in total. The average Bonchev–Trinajstić information content (AvgIpc) is 2.84. The molecule has 0 saturated heterocycles. The van der Waals surface area contributed by atoms with Gasteiger partial charge >= 0.3 is 0 Å². The quantitative estimate of drug-likeness (QED) is 0.870. The minimum Gasteiger partial charge on any atom is -0.326 e. The van der Waals surface area contributed by atoms with Crippen molar-refractivity contribution in [3.8, 4) is 0 Å². The van der Waals surface area contributed by atoms with Crippen molar-refractivity contribution in [3.05, 3.63) is 35.1 Å². The summed E-state index contributed by atoms with van der Waals surface area (Å²) in [4.78, 5) is 2.34. The molecule has 0 radical (unpaired) electrons. The highest BCUT2D eigenvalue weighted by Crippen LogP contribution is 2.25. The summed E-state index contributed by atoms with van der Waals surface area (Å²) < 4.78 is 13.1. The Morgan fingerprint density at radius 3 is 2.67 bits per heavy atom. The first-order valence-electron chi connectivity index (χ1n) is 6.85. The van der Waals surface area contributed by atoms with Gasteiger partial charge in [0, 0.05) is 19.6 Å². The van der Waals surface area contributed by atoms with Crippen molar-refractivity contribution in [2.24, 2.45) is 11.7 Å². The fourth-order valence-electron chi connectivity index (χ4n) is 2.93. The van der Waals surface area contributed by atoms with Crippen molar-refractivity contribution in [2.45, 2.75) is 38.8 Å². The van der Waals surface area contributed by atoms with Crippen LogP contribution in [0, 0.1) is 11.7 Å². The zero-order valence-corrected chi connectivity index (χ0v) is 11.2. The molecule has 1 aromatic carbocycles. The Balaban J connectivity index is 1.95. The van der Waals surface area contributed by atoms with Crippen molar-refractivity contribution in [2.75, 3.05) is 13.6 Å². The third-order valence-electron chi connectivity index (χ3n) is 3.87. The largest absolute Gasteiger partial charge is 0.326 e. The molecule has 1 aromatic rings. The Morgan fingerprint density at radius 2 is 2.00 bits per heavy atom. The predicted molar refractivity (Wildman–Crippen MR) is 72.6 cm³/mol. The van der Waals surface area contributed by atoms with Crippen molar-refractivity contribution >= 4 is 0 Å². The van der Waals surface area contributed by atoms with Crippen LogP contribution in [-0.4, -0.2) is 18.5 Å². The Hall–Kier alpha value is -0.930. The van der Waals surface area contributed by atoms with E-state index in [1.165, 1.54) is 31.7 Å². The zero-order valence-electron chi connectivity index (χ0n) is 11.2. The van der Waals surface area contributed by atoms with Crippen LogP contribution < -0.4 is 5.73 Å². The molecule has 1 aliphatic carbocycles. The first-order valence-corrected chi connectivity index (χ1v) is 6.85. The highest BCUT2D eigenvalue weighted by Gasteiger charge is 2.17. The Kier molecular flexibility index (Phi) is 4.72. The number of benzene rings is 1. The molecule has 0 aliphatic heterocycles. The Labute approximate surface area is 109 Å². The average molecular weight is 250 g/mol. The molecular formula is C15H23FN2. The normalized spacial score (nSPS) is 16.7. The lowest BCUT2D eigenvalue weighted by Gasteiger charge is -2.22. The van der Waals surface area contributed by atoms with Gasteiger partial charge in [0.05, 0.1) is 0 Å². The van der Waals surface area contributed by atoms with Gasteiger partial charge in [0.1, 0.15) is 5.82 Å². The van der Waals surface area contributed by atoms with Crippen LogP contribution >= 0.6 is 0 Å². The standard InChI is InChI=1S/C15H23FN2/c1-18(10-12-4-2-3-5-12)11-13-6-7-15(16)8-14(13)9-17/h6-8,12H,2-5,9-11,17H2,1H3. The van der Waals surface area contributed by atoms with Crippen LogP contribution in [-0.2, 0) is 13.1 Å². The van der Waals surface area contributed by atoms with E-state index in [1.807, 2.05) is 6.07 Å². The minimum absolute atomic E-state index is 0.197. The lowest BCUT2D eigenvalue weighted by atomic mass is 10.0. The zero-order chi connectivity index (χ0) is 13.0. The van der Waals surface area contributed by atoms with Gasteiger partial charge in [-0.25, -0.2) is 4.39 Å². The number of hydrogen-bond donors (Lipinski definition) is 1. The molecule has 0 spiro atoms. The summed E-state index contributed by atoms with van der Waals surface area (Å²) in [6, 6.07) is 4.94. The van der Waals surface area contributed by atoms with Crippen LogP contribution in [0.1, 0.15) is 36.8 Å². The molecule has 0 heterocycles. The lowest BCUT2D eigenvalue weighted by Crippen LogP contribution is -2.24. The van der Waals surface area contributed by atoms with Gasteiger partial charge in [-0.2, -0.15) is 0 Å². The van der Waals surface area contributed by atoms with Gasteiger partial charge in [0.25, 0.3) is 0 Å². The van der Waals surface area contributed by atoms with E-state index in [2.05, 4.69) is 11.9 Å². The van der Waals surface area contributed by atoms with Gasteiger partial charge in [-0.3, -0.25) is 0 Å². The van der Waals surface area contributed by atoms with Gasteiger partial charge < -0.3 is 10.6 Å². The topological polar surface area (TPSA) is 29.3 Å². The molecule has 1 aliphatic rings. The molecule has 18 heavy (non-hydrogen) atoms. The summed E-state index contributed by atoms with van der Waals surface area (Å²) >= 11 is 0. The number of rotatable bonds is 5. The molecule has 2 N–H and O–H groups in total. The van der Waals surface area contributed by atoms with E-state index in [1.54, 1.807) is 6.07 Å². The second-order valence-electron chi connectivity index (χ2n) is 5.46. The Morgan fingerprint density at radius 1 is 1.28 bits per heavy atom. The fourth-order valence-corrected chi connectivity index (χ4v) is 2.93. The molecule has 0 atom stereocenters. The third kappa shape index (κ3) is 3.53. The van der Waals surface area contributed by atoms with Crippen LogP contribution in [0.25, 0.3) is 0 Å². The maximum Gasteiger partial charge on any atom is 0.123 e. The number of nitrogens with zero attached hydrogens (tertiary/aromatic N) is 1. The van der Waals surface area contributed by atoms with Crippen molar-refractivity contribution < 1.29 is 4.39 Å². The van der Waals surface area contributed by atoms with E-state index in [-0.39, 0.29) is 5.82 Å². The van der Waals surface area contributed by atoms with Crippen LogP contribution in [0.4, 0.5) is 4.39 Å². The molecule has 3 heteroatoms. The smallest absolute Gasteiger partial charge is 0.123 e. The lowest BCUT2D eigenvalue weighted by molar-refractivity contribution is 0.270. The van der Waals surface area contributed by atoms with Gasteiger partial charge in [-0.05, 0) is 49.1 Å². The highest BCUT2D eigenvalue weighted by atomic mass is 19.1. The molecule has 2 rings (SSSR count). The van der Waals surface area contributed by atoms with E-state index >= 15 is 0 Å². The summed E-state index contributed by atoms with van der Waals surface area (Å²) in [7, 11) is 2.14. The maximum atomic E-state index is 13.1. The van der Waals surface area contributed by atoms with E-state index in [9.17, 15) is 4.39 Å². The maximum absolute atomic E-state index is 13.1. The SMILES string of the molecule is CN(Cc1ccc(F)cc1CN)CC1CCCC1. The summed E-state index contributed by atoms with van der Waals surface area (Å²) in [5.74, 6) is 0.648. The number of halogens is 1. The van der Waals surface area contributed by atoms with Crippen LogP contribution in [0.2, 0.25) is 0 Å². The molecular weight excluding hydrogens is 227 g/mol. The first-order chi connectivity index (χ1) is 8.69. The highest BCUT2D eigenvalue weighted by molar-refractivity contribution is 5.27. The van der Waals surface area contributed by atoms with E-state index in [4.69, 9.17) is 5.73 Å². The van der Waals surface area contributed by atoms with Crippen molar-refractivity contribution in [1.82, 2.24) is 4.90 Å².